The van der Waals surface area contributed by atoms with Crippen molar-refractivity contribution in [3.63, 3.8) is 0 Å². The number of ether oxygens (including phenoxy) is 1. The number of carbonyl (C=O) groups is 1. The molecular weight excluding hydrogens is 254 g/mol. The lowest BCUT2D eigenvalue weighted by Crippen LogP contribution is -2.35. The van der Waals surface area contributed by atoms with Gasteiger partial charge >= 0.3 is 0 Å². The molecule has 0 aromatic heterocycles. The summed E-state index contributed by atoms with van der Waals surface area (Å²) in [4.78, 5) is 12.8. The number of nitrogens with zero attached hydrogens (tertiary/aromatic N) is 3. The molecule has 6 heteroatoms. The lowest BCUT2D eigenvalue weighted by molar-refractivity contribution is -0.132. The minimum Gasteiger partial charge on any atom is -0.482 e. The second-order valence-electron chi connectivity index (χ2n) is 3.29. The Morgan fingerprint density at radius 3 is 2.44 bits per heavy atom. The monoisotopic (exact) mass is 263 g/mol. The van der Waals surface area contributed by atoms with Crippen molar-refractivity contribution in [3.8, 4) is 17.9 Å². The van der Waals surface area contributed by atoms with Gasteiger partial charge in [-0.1, -0.05) is 23.7 Å². The number of halogens is 1. The first kappa shape index (κ1) is 13.8. The van der Waals surface area contributed by atoms with E-state index in [1.807, 2.05) is 12.1 Å². The van der Waals surface area contributed by atoms with E-state index in [0.717, 1.165) is 4.90 Å². The highest BCUT2D eigenvalue weighted by atomic mass is 35.5. The summed E-state index contributed by atoms with van der Waals surface area (Å²) in [5.41, 5.74) is 0. The molecule has 0 bridgehead atoms. The van der Waals surface area contributed by atoms with E-state index in [1.54, 1.807) is 24.3 Å². The Hall–Kier alpha value is -2.24. The molecule has 1 aromatic carbocycles. The van der Waals surface area contributed by atoms with Gasteiger partial charge in [-0.15, -0.1) is 0 Å². The van der Waals surface area contributed by atoms with Crippen molar-refractivity contribution in [1.29, 1.82) is 10.5 Å². The predicted octanol–water partition coefficient (Wildman–Crippen LogP) is 1.59. The number of para-hydroxylation sites is 1. The first-order valence-corrected chi connectivity index (χ1v) is 5.46. The Bertz CT molecular complexity index is 489. The molecule has 0 radical (unpaired) electrons. The SMILES string of the molecule is N#CCN(CC#N)C(=O)COc1ccccc1Cl. The largest absolute Gasteiger partial charge is 0.482 e. The summed E-state index contributed by atoms with van der Waals surface area (Å²) in [6.45, 7) is -0.538. The van der Waals surface area contributed by atoms with Crippen LogP contribution < -0.4 is 4.74 Å². The van der Waals surface area contributed by atoms with Gasteiger partial charge in [-0.05, 0) is 12.1 Å². The maximum Gasteiger partial charge on any atom is 0.262 e. The highest BCUT2D eigenvalue weighted by molar-refractivity contribution is 6.32. The number of carbonyl (C=O) groups excluding carboxylic acids is 1. The number of hydrogen-bond acceptors (Lipinski definition) is 4. The fourth-order valence-corrected chi connectivity index (χ4v) is 1.39. The number of rotatable bonds is 5. The summed E-state index contributed by atoms with van der Waals surface area (Å²) in [5, 5.41) is 17.5. The summed E-state index contributed by atoms with van der Waals surface area (Å²) < 4.78 is 5.23. The predicted molar refractivity (Wildman–Crippen MR) is 64.8 cm³/mol. The standard InChI is InChI=1S/C12H10ClN3O2/c13-10-3-1-2-4-11(10)18-9-12(17)16(7-5-14)8-6-15/h1-4H,7-9H2. The van der Waals surface area contributed by atoms with Gasteiger partial charge in [0.2, 0.25) is 0 Å². The van der Waals surface area contributed by atoms with Crippen LogP contribution in [0.1, 0.15) is 0 Å². The van der Waals surface area contributed by atoms with Crippen LogP contribution in [0.15, 0.2) is 24.3 Å². The second kappa shape index (κ2) is 7.16. The summed E-state index contributed by atoms with van der Waals surface area (Å²) in [6, 6.07) is 10.4. The average molecular weight is 264 g/mol. The van der Waals surface area contributed by atoms with Gasteiger partial charge in [0.05, 0.1) is 17.2 Å². The molecule has 0 heterocycles. The van der Waals surface area contributed by atoms with Crippen molar-refractivity contribution >= 4 is 17.5 Å². The number of benzene rings is 1. The molecule has 92 valence electrons. The van der Waals surface area contributed by atoms with Crippen LogP contribution in [0.25, 0.3) is 0 Å². The molecule has 1 aromatic rings. The van der Waals surface area contributed by atoms with Crippen LogP contribution >= 0.6 is 11.6 Å². The molecule has 0 N–H and O–H groups in total. The Labute approximate surface area is 110 Å². The topological polar surface area (TPSA) is 77.1 Å². The first-order valence-electron chi connectivity index (χ1n) is 5.08. The van der Waals surface area contributed by atoms with Gasteiger partial charge in [0.1, 0.15) is 18.8 Å². The molecule has 1 amide bonds. The second-order valence-corrected chi connectivity index (χ2v) is 3.69. The minimum absolute atomic E-state index is 0.141. The van der Waals surface area contributed by atoms with Gasteiger partial charge in [-0.25, -0.2) is 0 Å². The van der Waals surface area contributed by atoms with Crippen LogP contribution in [0.3, 0.4) is 0 Å². The summed E-state index contributed by atoms with van der Waals surface area (Å²) in [5.74, 6) is -0.0422. The lowest BCUT2D eigenvalue weighted by Gasteiger charge is -2.16. The third-order valence-electron chi connectivity index (χ3n) is 2.06. The van der Waals surface area contributed by atoms with E-state index >= 15 is 0 Å². The first-order chi connectivity index (χ1) is 8.69. The Kier molecular flexibility index (Phi) is 5.50. The molecule has 0 aliphatic carbocycles. The van der Waals surface area contributed by atoms with Crippen LogP contribution in [-0.2, 0) is 4.79 Å². The van der Waals surface area contributed by atoms with Gasteiger partial charge < -0.3 is 9.64 Å². The van der Waals surface area contributed by atoms with E-state index in [2.05, 4.69) is 0 Å². The van der Waals surface area contributed by atoms with Crippen LogP contribution in [0.4, 0.5) is 0 Å². The maximum atomic E-state index is 11.7. The molecule has 1 rings (SSSR count). The number of amides is 1. The zero-order valence-corrected chi connectivity index (χ0v) is 10.2. The summed E-state index contributed by atoms with van der Waals surface area (Å²) in [6.07, 6.45) is 0. The van der Waals surface area contributed by atoms with E-state index in [9.17, 15) is 4.79 Å². The molecule has 18 heavy (non-hydrogen) atoms. The molecular formula is C12H10ClN3O2. The third-order valence-corrected chi connectivity index (χ3v) is 2.38. The van der Waals surface area contributed by atoms with Gasteiger partial charge in [0.25, 0.3) is 5.91 Å². The molecule has 0 saturated heterocycles. The number of hydrogen-bond donors (Lipinski definition) is 0. The van der Waals surface area contributed by atoms with E-state index in [0.29, 0.717) is 10.8 Å². The van der Waals surface area contributed by atoms with Crippen molar-refractivity contribution < 1.29 is 9.53 Å². The van der Waals surface area contributed by atoms with Crippen LogP contribution in [0.2, 0.25) is 5.02 Å². The molecule has 0 spiro atoms. The minimum atomic E-state index is -0.432. The van der Waals surface area contributed by atoms with Crippen molar-refractivity contribution in [1.82, 2.24) is 4.90 Å². The quantitative estimate of drug-likeness (QED) is 0.756. The normalized spacial score (nSPS) is 9.06. The van der Waals surface area contributed by atoms with Crippen LogP contribution in [0, 0.1) is 22.7 Å². The molecule has 0 saturated carbocycles. The Balaban J connectivity index is 2.58. The fourth-order valence-electron chi connectivity index (χ4n) is 1.20. The molecule has 0 atom stereocenters. The molecule has 0 unspecified atom stereocenters. The van der Waals surface area contributed by atoms with Gasteiger partial charge in [-0.3, -0.25) is 4.79 Å². The molecule has 0 aliphatic heterocycles. The van der Waals surface area contributed by atoms with Crippen LogP contribution in [-0.4, -0.2) is 30.5 Å². The van der Waals surface area contributed by atoms with Gasteiger partial charge in [0, 0.05) is 0 Å². The summed E-state index contributed by atoms with van der Waals surface area (Å²) >= 11 is 5.85. The number of nitriles is 2. The molecule has 0 fully saturated rings. The van der Waals surface area contributed by atoms with Crippen LogP contribution in [0.5, 0.6) is 5.75 Å². The Morgan fingerprint density at radius 1 is 1.28 bits per heavy atom. The Morgan fingerprint density at radius 2 is 1.89 bits per heavy atom. The molecule has 5 nitrogen and oxygen atoms in total. The maximum absolute atomic E-state index is 11.7. The van der Waals surface area contributed by atoms with E-state index in [-0.39, 0.29) is 19.7 Å². The smallest absolute Gasteiger partial charge is 0.262 e. The highest BCUT2D eigenvalue weighted by Crippen LogP contribution is 2.22. The highest BCUT2D eigenvalue weighted by Gasteiger charge is 2.13. The van der Waals surface area contributed by atoms with E-state index in [4.69, 9.17) is 26.9 Å². The third kappa shape index (κ3) is 3.97. The lowest BCUT2D eigenvalue weighted by atomic mass is 10.3. The van der Waals surface area contributed by atoms with Crippen molar-refractivity contribution in [3.05, 3.63) is 29.3 Å². The average Bonchev–Trinajstić information content (AvgIpc) is 2.37. The van der Waals surface area contributed by atoms with E-state index in [1.165, 1.54) is 0 Å². The van der Waals surface area contributed by atoms with Crippen molar-refractivity contribution in [2.75, 3.05) is 19.7 Å². The molecule has 0 aliphatic rings. The zero-order chi connectivity index (χ0) is 13.4. The fraction of sp³-hybridized carbons (Fsp3) is 0.250. The van der Waals surface area contributed by atoms with E-state index < -0.39 is 5.91 Å². The van der Waals surface area contributed by atoms with Crippen molar-refractivity contribution in [2.24, 2.45) is 0 Å². The van der Waals surface area contributed by atoms with Crippen molar-refractivity contribution in [2.45, 2.75) is 0 Å². The zero-order valence-electron chi connectivity index (χ0n) is 9.47. The summed E-state index contributed by atoms with van der Waals surface area (Å²) in [7, 11) is 0. The van der Waals surface area contributed by atoms with Gasteiger partial charge in [-0.2, -0.15) is 10.5 Å². The van der Waals surface area contributed by atoms with Gasteiger partial charge in [0.15, 0.2) is 6.61 Å².